The summed E-state index contributed by atoms with van der Waals surface area (Å²) in [5, 5.41) is 1.13. The predicted octanol–water partition coefficient (Wildman–Crippen LogP) is 4.49. The highest BCUT2D eigenvalue weighted by Crippen LogP contribution is 2.22. The van der Waals surface area contributed by atoms with E-state index in [-0.39, 0.29) is 0 Å². The first-order chi connectivity index (χ1) is 10.2. The second kappa shape index (κ2) is 6.62. The number of benzene rings is 1. The van der Waals surface area contributed by atoms with Crippen LogP contribution in [0.25, 0.3) is 11.0 Å². The Morgan fingerprint density at radius 3 is 2.95 bits per heavy atom. The summed E-state index contributed by atoms with van der Waals surface area (Å²) in [5.41, 5.74) is 2.19. The van der Waals surface area contributed by atoms with Crippen LogP contribution in [0.4, 0.5) is 0 Å². The predicted molar refractivity (Wildman–Crippen MR) is 97.5 cm³/mol. The normalized spacial score (nSPS) is 11.4. The molecule has 0 unspecified atom stereocenters. The highest BCUT2D eigenvalue weighted by molar-refractivity contribution is 14.1. The van der Waals surface area contributed by atoms with E-state index in [4.69, 9.17) is 16.6 Å². The summed E-state index contributed by atoms with van der Waals surface area (Å²) in [6, 6.07) is 6.37. The van der Waals surface area contributed by atoms with E-state index in [2.05, 4.69) is 57.3 Å². The van der Waals surface area contributed by atoms with Crippen LogP contribution in [-0.4, -0.2) is 20.4 Å². The van der Waals surface area contributed by atoms with Gasteiger partial charge in [0.2, 0.25) is 0 Å². The Balaban J connectivity index is 2.03. The minimum absolute atomic E-state index is 0.582. The van der Waals surface area contributed by atoms with E-state index in [0.29, 0.717) is 5.88 Å². The van der Waals surface area contributed by atoms with Gasteiger partial charge in [-0.05, 0) is 47.2 Å². The SMILES string of the molecule is CCc1cnc(Cn2c(CCCl)nc3cc(I)ccc32)s1. The third-order valence-corrected chi connectivity index (χ3v) is 5.34. The number of fused-ring (bicyclic) bond motifs is 1. The van der Waals surface area contributed by atoms with E-state index in [1.807, 2.05) is 6.20 Å². The number of imidazole rings is 1. The Kier molecular flexibility index (Phi) is 4.81. The zero-order valence-electron chi connectivity index (χ0n) is 11.6. The molecular weight excluding hydrogens is 417 g/mol. The molecule has 0 atom stereocenters. The molecule has 0 spiro atoms. The van der Waals surface area contributed by atoms with Gasteiger partial charge in [0.25, 0.3) is 0 Å². The van der Waals surface area contributed by atoms with Gasteiger partial charge in [0.05, 0.1) is 17.6 Å². The lowest BCUT2D eigenvalue weighted by Crippen LogP contribution is -2.05. The van der Waals surface area contributed by atoms with Crippen LogP contribution in [-0.2, 0) is 19.4 Å². The maximum atomic E-state index is 5.93. The summed E-state index contributed by atoms with van der Waals surface area (Å²) >= 11 is 10.0. The number of hydrogen-bond acceptors (Lipinski definition) is 3. The standard InChI is InChI=1S/C15H15ClIN3S/c1-2-11-8-18-15(21-11)9-20-13-4-3-10(17)7-12(13)19-14(20)5-6-16/h3-4,7-8H,2,5-6,9H2,1H3. The third-order valence-electron chi connectivity index (χ3n) is 3.35. The highest BCUT2D eigenvalue weighted by atomic mass is 127. The lowest BCUT2D eigenvalue weighted by molar-refractivity contribution is 0.750. The van der Waals surface area contributed by atoms with Crippen molar-refractivity contribution in [3.05, 3.63) is 43.7 Å². The van der Waals surface area contributed by atoms with Crippen molar-refractivity contribution in [2.45, 2.75) is 26.3 Å². The average Bonchev–Trinajstić information content (AvgIpc) is 3.05. The molecule has 0 aliphatic rings. The molecule has 3 aromatic rings. The van der Waals surface area contributed by atoms with Crippen LogP contribution in [0.3, 0.4) is 0 Å². The summed E-state index contributed by atoms with van der Waals surface area (Å²) in [7, 11) is 0. The van der Waals surface area contributed by atoms with E-state index < -0.39 is 0 Å². The number of hydrogen-bond donors (Lipinski definition) is 0. The fraction of sp³-hybridized carbons (Fsp3) is 0.333. The molecule has 1 aromatic carbocycles. The van der Waals surface area contributed by atoms with E-state index in [1.165, 1.54) is 8.45 Å². The Hall–Kier alpha value is -0.660. The summed E-state index contributed by atoms with van der Waals surface area (Å²) in [6.07, 6.45) is 3.79. The Labute approximate surface area is 146 Å². The summed E-state index contributed by atoms with van der Waals surface area (Å²) in [6.45, 7) is 2.93. The lowest BCUT2D eigenvalue weighted by atomic mass is 10.3. The molecule has 6 heteroatoms. The summed E-state index contributed by atoms with van der Waals surface area (Å²) in [4.78, 5) is 10.6. The molecular formula is C15H15ClIN3S. The van der Waals surface area contributed by atoms with Gasteiger partial charge >= 0.3 is 0 Å². The quantitative estimate of drug-likeness (QED) is 0.440. The number of halogens is 2. The third kappa shape index (κ3) is 3.24. The number of thiazole rings is 1. The first-order valence-corrected chi connectivity index (χ1v) is 9.28. The van der Waals surface area contributed by atoms with E-state index in [1.54, 1.807) is 11.3 Å². The molecule has 0 saturated heterocycles. The van der Waals surface area contributed by atoms with Crippen molar-refractivity contribution in [1.29, 1.82) is 0 Å². The molecule has 21 heavy (non-hydrogen) atoms. The van der Waals surface area contributed by atoms with Crippen molar-refractivity contribution in [2.24, 2.45) is 0 Å². The van der Waals surface area contributed by atoms with Crippen LogP contribution in [0.5, 0.6) is 0 Å². The Bertz CT molecular complexity index is 765. The van der Waals surface area contributed by atoms with Crippen LogP contribution < -0.4 is 0 Å². The van der Waals surface area contributed by atoms with Gasteiger partial charge in [-0.2, -0.15) is 0 Å². The zero-order valence-corrected chi connectivity index (χ0v) is 15.4. The van der Waals surface area contributed by atoms with Crippen LogP contribution in [0, 0.1) is 3.57 Å². The van der Waals surface area contributed by atoms with Crippen LogP contribution in [0.15, 0.2) is 24.4 Å². The molecule has 3 rings (SSSR count). The van der Waals surface area contributed by atoms with E-state index >= 15 is 0 Å². The minimum atomic E-state index is 0.582. The van der Waals surface area contributed by atoms with Crippen molar-refractivity contribution in [3.8, 4) is 0 Å². The number of alkyl halides is 1. The number of aromatic nitrogens is 3. The van der Waals surface area contributed by atoms with Crippen molar-refractivity contribution >= 4 is 56.6 Å². The minimum Gasteiger partial charge on any atom is -0.321 e. The zero-order chi connectivity index (χ0) is 14.8. The van der Waals surface area contributed by atoms with Gasteiger partial charge in [-0.25, -0.2) is 9.97 Å². The molecule has 0 bridgehead atoms. The van der Waals surface area contributed by atoms with Gasteiger partial charge in [0.1, 0.15) is 10.8 Å². The Morgan fingerprint density at radius 1 is 1.38 bits per heavy atom. The highest BCUT2D eigenvalue weighted by Gasteiger charge is 2.12. The Morgan fingerprint density at radius 2 is 2.24 bits per heavy atom. The first-order valence-electron chi connectivity index (χ1n) is 6.85. The molecule has 2 heterocycles. The molecule has 0 saturated carbocycles. The molecule has 0 aliphatic heterocycles. The van der Waals surface area contributed by atoms with Gasteiger partial charge in [-0.15, -0.1) is 22.9 Å². The molecule has 0 aliphatic carbocycles. The second-order valence-electron chi connectivity index (χ2n) is 4.76. The molecule has 0 amide bonds. The second-order valence-corrected chi connectivity index (χ2v) is 7.58. The number of nitrogens with zero attached hydrogens (tertiary/aromatic N) is 3. The van der Waals surface area contributed by atoms with Gasteiger partial charge in [0, 0.05) is 26.9 Å². The fourth-order valence-corrected chi connectivity index (χ4v) is 3.82. The topological polar surface area (TPSA) is 30.7 Å². The maximum absolute atomic E-state index is 5.93. The number of rotatable bonds is 5. The average molecular weight is 432 g/mol. The summed E-state index contributed by atoms with van der Waals surface area (Å²) < 4.78 is 3.44. The van der Waals surface area contributed by atoms with Crippen LogP contribution >= 0.6 is 45.5 Å². The molecule has 110 valence electrons. The van der Waals surface area contributed by atoms with E-state index in [0.717, 1.165) is 41.3 Å². The fourth-order valence-electron chi connectivity index (χ4n) is 2.32. The van der Waals surface area contributed by atoms with Crippen molar-refractivity contribution in [2.75, 3.05) is 5.88 Å². The van der Waals surface area contributed by atoms with Gasteiger partial charge < -0.3 is 4.57 Å². The van der Waals surface area contributed by atoms with Crippen molar-refractivity contribution < 1.29 is 0 Å². The van der Waals surface area contributed by atoms with Crippen molar-refractivity contribution in [3.63, 3.8) is 0 Å². The smallest absolute Gasteiger partial charge is 0.113 e. The molecule has 0 radical (unpaired) electrons. The van der Waals surface area contributed by atoms with Crippen LogP contribution in [0.2, 0.25) is 0 Å². The van der Waals surface area contributed by atoms with Gasteiger partial charge in [0.15, 0.2) is 0 Å². The summed E-state index contributed by atoms with van der Waals surface area (Å²) in [5.74, 6) is 1.62. The van der Waals surface area contributed by atoms with Crippen LogP contribution in [0.1, 0.15) is 22.6 Å². The molecule has 3 nitrogen and oxygen atoms in total. The van der Waals surface area contributed by atoms with Gasteiger partial charge in [-0.1, -0.05) is 6.92 Å². The van der Waals surface area contributed by atoms with E-state index in [9.17, 15) is 0 Å². The number of aryl methyl sites for hydroxylation is 2. The largest absolute Gasteiger partial charge is 0.321 e. The monoisotopic (exact) mass is 431 g/mol. The van der Waals surface area contributed by atoms with Crippen molar-refractivity contribution in [1.82, 2.24) is 14.5 Å². The lowest BCUT2D eigenvalue weighted by Gasteiger charge is -2.06. The molecule has 2 aromatic heterocycles. The maximum Gasteiger partial charge on any atom is 0.113 e. The molecule has 0 fully saturated rings. The van der Waals surface area contributed by atoms with Gasteiger partial charge in [-0.3, -0.25) is 0 Å². The molecule has 0 N–H and O–H groups in total. The first kappa shape index (κ1) is 15.2.